The fourth-order valence-electron chi connectivity index (χ4n) is 10.1. The zero-order valence-electron chi connectivity index (χ0n) is 22.4. The maximum atomic E-state index is 13.3. The number of methoxy groups -OCH3 is 1. The van der Waals surface area contributed by atoms with Crippen molar-refractivity contribution in [2.45, 2.75) is 88.8 Å². The van der Waals surface area contributed by atoms with E-state index in [9.17, 15) is 24.9 Å². The Morgan fingerprint density at radius 3 is 2.43 bits per heavy atom. The summed E-state index contributed by atoms with van der Waals surface area (Å²) in [4.78, 5) is 26.2. The van der Waals surface area contributed by atoms with E-state index in [1.807, 2.05) is 6.92 Å². The molecule has 5 fully saturated rings. The van der Waals surface area contributed by atoms with Crippen LogP contribution in [-0.2, 0) is 23.8 Å². The third kappa shape index (κ3) is 3.19. The van der Waals surface area contributed by atoms with Gasteiger partial charge in [0.1, 0.15) is 17.6 Å². The summed E-state index contributed by atoms with van der Waals surface area (Å²) in [5, 5.41) is 34.7. The summed E-state index contributed by atoms with van der Waals surface area (Å²) in [7, 11) is 1.58. The molecule has 3 saturated carbocycles. The molecule has 3 N–H and O–H groups in total. The lowest BCUT2D eigenvalue weighted by molar-refractivity contribution is -0.257. The SMILES string of the molecule is COCC1C(=O)OC2CC1(C)OCC2C1CCC2C3CC(O)C4(O)CC=CC(=O)C4(C)C3CC(O)C12C. The predicted octanol–water partition coefficient (Wildman–Crippen LogP) is 2.03. The fourth-order valence-corrected chi connectivity index (χ4v) is 10.1. The second kappa shape index (κ2) is 8.34. The van der Waals surface area contributed by atoms with E-state index in [2.05, 4.69) is 6.92 Å². The third-order valence-electron chi connectivity index (χ3n) is 12.3. The highest BCUT2D eigenvalue weighted by molar-refractivity contribution is 5.97. The smallest absolute Gasteiger partial charge is 0.314 e. The van der Waals surface area contributed by atoms with Crippen LogP contribution in [0.1, 0.15) is 59.3 Å². The second-order valence-electron chi connectivity index (χ2n) is 13.5. The molecule has 37 heavy (non-hydrogen) atoms. The Kier molecular flexibility index (Phi) is 5.84. The van der Waals surface area contributed by atoms with Gasteiger partial charge in [0.05, 0.1) is 36.4 Å². The average Bonchev–Trinajstić information content (AvgIpc) is 3.19. The molecule has 0 amide bonds. The molecule has 6 aliphatic rings. The van der Waals surface area contributed by atoms with Crippen molar-refractivity contribution >= 4 is 11.8 Å². The van der Waals surface area contributed by atoms with Gasteiger partial charge in [-0.2, -0.15) is 0 Å². The molecule has 0 aromatic heterocycles. The largest absolute Gasteiger partial charge is 0.461 e. The second-order valence-corrected chi connectivity index (χ2v) is 13.5. The quantitative estimate of drug-likeness (QED) is 0.485. The molecule has 2 saturated heterocycles. The number of hydrogen-bond acceptors (Lipinski definition) is 8. The van der Waals surface area contributed by atoms with E-state index >= 15 is 0 Å². The van der Waals surface area contributed by atoms with E-state index in [4.69, 9.17) is 14.2 Å². The molecule has 8 heteroatoms. The van der Waals surface area contributed by atoms with Gasteiger partial charge < -0.3 is 29.5 Å². The number of aliphatic hydroxyl groups is 3. The summed E-state index contributed by atoms with van der Waals surface area (Å²) in [6, 6.07) is 0. The van der Waals surface area contributed by atoms with Crippen molar-refractivity contribution < 1.29 is 39.1 Å². The minimum atomic E-state index is -1.51. The van der Waals surface area contributed by atoms with Crippen molar-refractivity contribution in [2.24, 2.45) is 46.3 Å². The number of esters is 1. The zero-order chi connectivity index (χ0) is 26.5. The summed E-state index contributed by atoms with van der Waals surface area (Å²) in [5.74, 6) is -0.921. The minimum Gasteiger partial charge on any atom is -0.461 e. The molecule has 13 atom stereocenters. The van der Waals surface area contributed by atoms with Gasteiger partial charge >= 0.3 is 5.97 Å². The van der Waals surface area contributed by atoms with Crippen molar-refractivity contribution in [3.05, 3.63) is 12.2 Å². The Morgan fingerprint density at radius 2 is 1.73 bits per heavy atom. The Balaban J connectivity index is 1.30. The molecule has 0 spiro atoms. The van der Waals surface area contributed by atoms with Gasteiger partial charge in [0.15, 0.2) is 5.78 Å². The van der Waals surface area contributed by atoms with E-state index in [0.717, 1.165) is 12.8 Å². The highest BCUT2D eigenvalue weighted by atomic mass is 16.6. The molecule has 206 valence electrons. The molecule has 0 radical (unpaired) electrons. The van der Waals surface area contributed by atoms with Crippen molar-refractivity contribution in [2.75, 3.05) is 20.3 Å². The Hall–Kier alpha value is -1.32. The standard InChI is InChI=1S/C29H42O8/c1-26-12-21(37-25(33)20(26)14-35-4)16(13-36-26)18-8-7-17-15-10-24(32)29(34)9-5-6-22(30)28(29,3)19(15)11-23(31)27(17,18)2/h5-6,15-21,23-24,31-32,34H,7-14H2,1-4H3. The van der Waals surface area contributed by atoms with E-state index in [1.165, 1.54) is 0 Å². The van der Waals surface area contributed by atoms with Crippen LogP contribution >= 0.6 is 0 Å². The van der Waals surface area contributed by atoms with Gasteiger partial charge in [-0.05, 0) is 81.1 Å². The minimum absolute atomic E-state index is 0.0175. The Morgan fingerprint density at radius 1 is 1.03 bits per heavy atom. The molecule has 2 bridgehead atoms. The first-order chi connectivity index (χ1) is 17.4. The summed E-state index contributed by atoms with van der Waals surface area (Å²) in [6.07, 6.45) is 4.70. The van der Waals surface area contributed by atoms with E-state index < -0.39 is 40.2 Å². The molecule has 4 aliphatic carbocycles. The predicted molar refractivity (Wildman–Crippen MR) is 132 cm³/mol. The summed E-state index contributed by atoms with van der Waals surface area (Å²) in [5.41, 5.74) is -3.72. The molecule has 0 aromatic carbocycles. The lowest BCUT2D eigenvalue weighted by Crippen LogP contribution is -2.71. The van der Waals surface area contributed by atoms with E-state index in [-0.39, 0.29) is 60.5 Å². The van der Waals surface area contributed by atoms with Crippen LogP contribution in [0.2, 0.25) is 0 Å². The highest BCUT2D eigenvalue weighted by Crippen LogP contribution is 2.68. The molecule has 0 aromatic rings. The van der Waals surface area contributed by atoms with Crippen LogP contribution in [0.25, 0.3) is 0 Å². The number of hydrogen-bond donors (Lipinski definition) is 3. The molecule has 13 unspecified atom stereocenters. The van der Waals surface area contributed by atoms with Crippen LogP contribution in [0.4, 0.5) is 0 Å². The van der Waals surface area contributed by atoms with Crippen molar-refractivity contribution in [3.8, 4) is 0 Å². The number of ketones is 1. The van der Waals surface area contributed by atoms with E-state index in [0.29, 0.717) is 25.9 Å². The highest BCUT2D eigenvalue weighted by Gasteiger charge is 2.71. The van der Waals surface area contributed by atoms with Gasteiger partial charge in [-0.25, -0.2) is 0 Å². The van der Waals surface area contributed by atoms with Gasteiger partial charge in [0, 0.05) is 19.4 Å². The van der Waals surface area contributed by atoms with Crippen LogP contribution in [0.3, 0.4) is 0 Å². The number of allylic oxidation sites excluding steroid dienone is 1. The Labute approximate surface area is 218 Å². The van der Waals surface area contributed by atoms with Crippen molar-refractivity contribution in [1.29, 1.82) is 0 Å². The average molecular weight is 519 g/mol. The first-order valence-corrected chi connectivity index (χ1v) is 14.0. The van der Waals surface area contributed by atoms with Crippen LogP contribution in [-0.4, -0.2) is 76.9 Å². The molecule has 6 rings (SSSR count). The summed E-state index contributed by atoms with van der Waals surface area (Å²) >= 11 is 0. The van der Waals surface area contributed by atoms with Crippen molar-refractivity contribution in [1.82, 2.24) is 0 Å². The molecule has 2 aliphatic heterocycles. The number of carbonyl (C=O) groups excluding carboxylic acids is 2. The van der Waals surface area contributed by atoms with Crippen LogP contribution in [0, 0.1) is 46.3 Å². The Bertz CT molecular complexity index is 1010. The van der Waals surface area contributed by atoms with Gasteiger partial charge in [0.25, 0.3) is 0 Å². The maximum absolute atomic E-state index is 13.3. The monoisotopic (exact) mass is 518 g/mol. The zero-order valence-corrected chi connectivity index (χ0v) is 22.4. The maximum Gasteiger partial charge on any atom is 0.314 e. The van der Waals surface area contributed by atoms with Crippen LogP contribution in [0.5, 0.6) is 0 Å². The normalized spacial score (nSPS) is 56.8. The van der Waals surface area contributed by atoms with Gasteiger partial charge in [-0.1, -0.05) is 13.0 Å². The molecular weight excluding hydrogens is 476 g/mol. The topological polar surface area (TPSA) is 123 Å². The van der Waals surface area contributed by atoms with Gasteiger partial charge in [-0.15, -0.1) is 0 Å². The van der Waals surface area contributed by atoms with E-state index in [1.54, 1.807) is 26.2 Å². The van der Waals surface area contributed by atoms with Gasteiger partial charge in [0.2, 0.25) is 0 Å². The number of fused-ring (bicyclic) bond motifs is 7. The van der Waals surface area contributed by atoms with Crippen LogP contribution < -0.4 is 0 Å². The summed E-state index contributed by atoms with van der Waals surface area (Å²) < 4.78 is 17.7. The number of carbonyl (C=O) groups is 2. The van der Waals surface area contributed by atoms with Gasteiger partial charge in [-0.3, -0.25) is 9.59 Å². The lowest BCUT2D eigenvalue weighted by atomic mass is 9.42. The summed E-state index contributed by atoms with van der Waals surface area (Å²) in [6.45, 7) is 6.65. The molecular formula is C29H42O8. The molecule has 8 nitrogen and oxygen atoms in total. The van der Waals surface area contributed by atoms with Crippen molar-refractivity contribution in [3.63, 3.8) is 0 Å². The third-order valence-corrected chi connectivity index (χ3v) is 12.3. The lowest BCUT2D eigenvalue weighted by Gasteiger charge is -2.64. The first-order valence-electron chi connectivity index (χ1n) is 14.0. The fraction of sp³-hybridized carbons (Fsp3) is 0.862. The number of rotatable bonds is 3. The number of aliphatic hydroxyl groups excluding tert-OH is 2. The number of ether oxygens (including phenoxy) is 3. The molecule has 2 heterocycles. The van der Waals surface area contributed by atoms with Crippen LogP contribution in [0.15, 0.2) is 12.2 Å². The first kappa shape index (κ1) is 25.9.